The van der Waals surface area contributed by atoms with E-state index in [1.807, 2.05) is 0 Å². The van der Waals surface area contributed by atoms with Gasteiger partial charge in [0.1, 0.15) is 6.10 Å². The molecule has 0 fully saturated rings. The quantitative estimate of drug-likeness (QED) is 0.646. The molecule has 1 aromatic carbocycles. The van der Waals surface area contributed by atoms with E-state index in [2.05, 4.69) is 4.98 Å². The predicted molar refractivity (Wildman–Crippen MR) is 61.4 cm³/mol. The number of aliphatic hydroxyl groups excluding tert-OH is 1. The van der Waals surface area contributed by atoms with E-state index in [9.17, 15) is 15.2 Å². The monoisotopic (exact) mass is 230 g/mol. The first kappa shape index (κ1) is 11.2. The van der Waals surface area contributed by atoms with Crippen LogP contribution in [0.25, 0.3) is 0 Å². The molecule has 17 heavy (non-hydrogen) atoms. The number of benzene rings is 1. The van der Waals surface area contributed by atoms with Crippen LogP contribution in [0.3, 0.4) is 0 Å². The largest absolute Gasteiger partial charge is 0.382 e. The summed E-state index contributed by atoms with van der Waals surface area (Å²) >= 11 is 0. The van der Waals surface area contributed by atoms with E-state index in [4.69, 9.17) is 0 Å². The van der Waals surface area contributed by atoms with Crippen LogP contribution in [-0.4, -0.2) is 15.0 Å². The highest BCUT2D eigenvalue weighted by atomic mass is 16.6. The van der Waals surface area contributed by atoms with E-state index < -0.39 is 11.0 Å². The van der Waals surface area contributed by atoms with Gasteiger partial charge in [-0.1, -0.05) is 18.2 Å². The van der Waals surface area contributed by atoms with Gasteiger partial charge in [0.2, 0.25) is 0 Å². The fourth-order valence-electron chi connectivity index (χ4n) is 1.52. The van der Waals surface area contributed by atoms with Crippen molar-refractivity contribution in [2.24, 2.45) is 0 Å². The average molecular weight is 230 g/mol. The Hall–Kier alpha value is -2.27. The van der Waals surface area contributed by atoms with Gasteiger partial charge in [-0.15, -0.1) is 0 Å². The van der Waals surface area contributed by atoms with Crippen molar-refractivity contribution in [2.45, 2.75) is 6.10 Å². The van der Waals surface area contributed by atoms with Crippen LogP contribution >= 0.6 is 0 Å². The Labute approximate surface area is 97.5 Å². The molecule has 1 heterocycles. The van der Waals surface area contributed by atoms with Crippen molar-refractivity contribution in [3.05, 3.63) is 70.0 Å². The summed E-state index contributed by atoms with van der Waals surface area (Å²) in [6, 6.07) is 11.1. The molecule has 0 aliphatic rings. The molecule has 0 bridgehead atoms. The first-order valence-electron chi connectivity index (χ1n) is 5.02. The Morgan fingerprint density at radius 2 is 2.06 bits per heavy atom. The van der Waals surface area contributed by atoms with Gasteiger partial charge in [0.05, 0.1) is 10.6 Å². The molecule has 2 rings (SSSR count). The average Bonchev–Trinajstić information content (AvgIpc) is 2.39. The molecule has 0 unspecified atom stereocenters. The smallest absolute Gasteiger partial charge is 0.269 e. The highest BCUT2D eigenvalue weighted by Crippen LogP contribution is 2.23. The molecule has 5 nitrogen and oxygen atoms in total. The van der Waals surface area contributed by atoms with E-state index >= 15 is 0 Å². The Balaban J connectivity index is 2.34. The minimum absolute atomic E-state index is 0.0440. The van der Waals surface area contributed by atoms with Crippen LogP contribution < -0.4 is 0 Å². The van der Waals surface area contributed by atoms with Crippen molar-refractivity contribution in [1.29, 1.82) is 0 Å². The topological polar surface area (TPSA) is 76.3 Å². The Kier molecular flexibility index (Phi) is 3.11. The van der Waals surface area contributed by atoms with Crippen molar-refractivity contribution in [1.82, 2.24) is 4.98 Å². The fourth-order valence-corrected chi connectivity index (χ4v) is 1.52. The molecule has 0 aliphatic carbocycles. The summed E-state index contributed by atoms with van der Waals surface area (Å²) in [5.74, 6) is 0. The van der Waals surface area contributed by atoms with E-state index in [0.717, 1.165) is 0 Å². The molecule has 0 amide bonds. The van der Waals surface area contributed by atoms with Crippen LogP contribution in [-0.2, 0) is 0 Å². The summed E-state index contributed by atoms with van der Waals surface area (Å²) in [6.45, 7) is 0. The molecule has 0 saturated heterocycles. The van der Waals surface area contributed by atoms with Crippen LogP contribution in [0.2, 0.25) is 0 Å². The fraction of sp³-hybridized carbons (Fsp3) is 0.0833. The molecule has 1 aromatic heterocycles. The molecule has 0 aliphatic heterocycles. The summed E-state index contributed by atoms with van der Waals surface area (Å²) in [5.41, 5.74) is 0.878. The zero-order chi connectivity index (χ0) is 12.3. The Morgan fingerprint density at radius 1 is 1.24 bits per heavy atom. The lowest BCUT2D eigenvalue weighted by Gasteiger charge is -2.09. The first-order valence-corrected chi connectivity index (χ1v) is 5.02. The number of aromatic nitrogens is 1. The van der Waals surface area contributed by atoms with Gasteiger partial charge in [0.25, 0.3) is 5.69 Å². The summed E-state index contributed by atoms with van der Waals surface area (Å²) in [7, 11) is 0. The molecule has 0 spiro atoms. The third-order valence-corrected chi connectivity index (χ3v) is 2.36. The second kappa shape index (κ2) is 4.71. The third kappa shape index (κ3) is 2.46. The zero-order valence-corrected chi connectivity index (χ0v) is 8.85. The molecule has 1 atom stereocenters. The van der Waals surface area contributed by atoms with Crippen molar-refractivity contribution in [2.75, 3.05) is 0 Å². The van der Waals surface area contributed by atoms with Crippen molar-refractivity contribution >= 4 is 5.69 Å². The number of aliphatic hydroxyl groups is 1. The van der Waals surface area contributed by atoms with Crippen molar-refractivity contribution < 1.29 is 10.0 Å². The molecule has 5 heteroatoms. The highest BCUT2D eigenvalue weighted by Gasteiger charge is 2.14. The SMILES string of the molecule is O=[N+]([O-])c1cccc([C@H](O)c2ccccn2)c1. The molecule has 0 radical (unpaired) electrons. The van der Waals surface area contributed by atoms with Crippen molar-refractivity contribution in [3.63, 3.8) is 0 Å². The zero-order valence-electron chi connectivity index (χ0n) is 8.85. The van der Waals surface area contributed by atoms with Gasteiger partial charge in [0, 0.05) is 18.3 Å². The van der Waals surface area contributed by atoms with Gasteiger partial charge >= 0.3 is 0 Å². The molecule has 86 valence electrons. The first-order chi connectivity index (χ1) is 8.18. The number of hydrogen-bond acceptors (Lipinski definition) is 4. The maximum absolute atomic E-state index is 10.6. The number of pyridine rings is 1. The predicted octanol–water partition coefficient (Wildman–Crippen LogP) is 2.07. The van der Waals surface area contributed by atoms with Crippen LogP contribution in [0.1, 0.15) is 17.4 Å². The minimum Gasteiger partial charge on any atom is -0.382 e. The number of rotatable bonds is 3. The van der Waals surface area contributed by atoms with Crippen LogP contribution in [0, 0.1) is 10.1 Å². The van der Waals surface area contributed by atoms with Gasteiger partial charge in [-0.2, -0.15) is 0 Å². The Bertz CT molecular complexity index is 528. The maximum atomic E-state index is 10.6. The van der Waals surface area contributed by atoms with Gasteiger partial charge in [0.15, 0.2) is 0 Å². The van der Waals surface area contributed by atoms with Crippen LogP contribution in [0.4, 0.5) is 5.69 Å². The second-order valence-corrected chi connectivity index (χ2v) is 3.51. The molecule has 2 aromatic rings. The van der Waals surface area contributed by atoms with Crippen LogP contribution in [0.5, 0.6) is 0 Å². The molecular weight excluding hydrogens is 220 g/mol. The van der Waals surface area contributed by atoms with E-state index in [-0.39, 0.29) is 5.69 Å². The normalized spacial score (nSPS) is 12.1. The lowest BCUT2D eigenvalue weighted by Crippen LogP contribution is -2.02. The lowest BCUT2D eigenvalue weighted by atomic mass is 10.1. The van der Waals surface area contributed by atoms with Gasteiger partial charge in [-0.25, -0.2) is 0 Å². The standard InChI is InChI=1S/C12H10N2O3/c15-12(11-6-1-2-7-13-11)9-4-3-5-10(8-9)14(16)17/h1-8,12,15H/t12-/m0/s1. The van der Waals surface area contributed by atoms with Gasteiger partial charge < -0.3 is 5.11 Å². The van der Waals surface area contributed by atoms with Gasteiger partial charge in [-0.3, -0.25) is 15.1 Å². The van der Waals surface area contributed by atoms with E-state index in [0.29, 0.717) is 11.3 Å². The number of non-ortho nitro benzene ring substituents is 1. The summed E-state index contributed by atoms with van der Waals surface area (Å²) in [5, 5.41) is 20.6. The summed E-state index contributed by atoms with van der Waals surface area (Å²) in [6.07, 6.45) is 0.617. The van der Waals surface area contributed by atoms with Crippen molar-refractivity contribution in [3.8, 4) is 0 Å². The van der Waals surface area contributed by atoms with Crippen LogP contribution in [0.15, 0.2) is 48.7 Å². The van der Waals surface area contributed by atoms with E-state index in [1.165, 1.54) is 12.1 Å². The lowest BCUT2D eigenvalue weighted by molar-refractivity contribution is -0.385. The highest BCUT2D eigenvalue weighted by molar-refractivity contribution is 5.37. The second-order valence-electron chi connectivity index (χ2n) is 3.51. The third-order valence-electron chi connectivity index (χ3n) is 2.36. The molecule has 0 saturated carbocycles. The molecular formula is C12H10N2O3. The molecule has 1 N–H and O–H groups in total. The summed E-state index contributed by atoms with van der Waals surface area (Å²) < 4.78 is 0. The van der Waals surface area contributed by atoms with Gasteiger partial charge in [-0.05, 0) is 17.7 Å². The minimum atomic E-state index is -0.948. The Morgan fingerprint density at radius 3 is 2.71 bits per heavy atom. The number of nitro benzene ring substituents is 1. The number of nitrogens with zero attached hydrogens (tertiary/aromatic N) is 2. The number of nitro groups is 1. The number of hydrogen-bond donors (Lipinski definition) is 1. The maximum Gasteiger partial charge on any atom is 0.269 e. The summed E-state index contributed by atoms with van der Waals surface area (Å²) in [4.78, 5) is 14.1. The van der Waals surface area contributed by atoms with E-state index in [1.54, 1.807) is 36.5 Å².